The van der Waals surface area contributed by atoms with Crippen LogP contribution in [0.1, 0.15) is 26.2 Å². The first kappa shape index (κ1) is 55.3. The summed E-state index contributed by atoms with van der Waals surface area (Å²) in [4.78, 5) is 11.8. The van der Waals surface area contributed by atoms with Gasteiger partial charge in [0.2, 0.25) is 0 Å². The van der Waals surface area contributed by atoms with Gasteiger partial charge in [0.15, 0.2) is 5.79 Å². The SMILES string of the molecule is CC(COC(=O)NCCCS(=O)(=O)O)(OCCC(F)(F)C(F)(F)C(F)(F)C(F)(F)C(F)(F)C(F)(F)F)OCCC(F)(F)C(F)(F)C(F)(F)C(F)(F)C(F)(F)C(F)(F)F. The first-order valence-electron chi connectivity index (χ1n) is 14.1. The van der Waals surface area contributed by atoms with E-state index >= 15 is 0 Å². The van der Waals surface area contributed by atoms with Gasteiger partial charge in [0.05, 0.1) is 19.0 Å². The zero-order valence-corrected chi connectivity index (χ0v) is 28.1. The van der Waals surface area contributed by atoms with Gasteiger partial charge >= 0.3 is 77.7 Å². The molecular formula is C23H21F26NO7S. The highest BCUT2D eigenvalue weighted by Crippen LogP contribution is 2.62. The van der Waals surface area contributed by atoms with E-state index in [1.54, 1.807) is 5.32 Å². The molecule has 0 rings (SSSR count). The van der Waals surface area contributed by atoms with E-state index in [4.69, 9.17) is 4.55 Å². The lowest BCUT2D eigenvalue weighted by Crippen LogP contribution is -2.70. The van der Waals surface area contributed by atoms with Crippen LogP contribution in [0.3, 0.4) is 0 Å². The number of carbonyl (C=O) groups excluding carboxylic acids is 1. The van der Waals surface area contributed by atoms with Crippen molar-refractivity contribution in [3.05, 3.63) is 0 Å². The number of hydrogen-bond acceptors (Lipinski definition) is 6. The molecule has 0 spiro atoms. The fourth-order valence-electron chi connectivity index (χ4n) is 3.53. The van der Waals surface area contributed by atoms with Crippen molar-refractivity contribution >= 4 is 16.2 Å². The van der Waals surface area contributed by atoms with Gasteiger partial charge in [0, 0.05) is 19.4 Å². The van der Waals surface area contributed by atoms with Crippen molar-refractivity contribution in [1.29, 1.82) is 0 Å². The molecule has 0 aromatic heterocycles. The van der Waals surface area contributed by atoms with Crippen LogP contribution >= 0.6 is 0 Å². The van der Waals surface area contributed by atoms with Gasteiger partial charge in [-0.1, -0.05) is 0 Å². The Morgan fingerprint density at radius 1 is 0.517 bits per heavy atom. The molecule has 0 aromatic carbocycles. The third kappa shape index (κ3) is 10.6. The zero-order chi connectivity index (χ0) is 47.1. The van der Waals surface area contributed by atoms with Gasteiger partial charge in [0.1, 0.15) is 6.61 Å². The quantitative estimate of drug-likeness (QED) is 0.0483. The molecule has 1 amide bonds. The summed E-state index contributed by atoms with van der Waals surface area (Å²) in [7, 11) is -4.70. The maximum atomic E-state index is 14.2. The average molecular weight is 949 g/mol. The molecule has 0 aliphatic rings. The molecule has 0 bridgehead atoms. The number of carbonyl (C=O) groups is 1. The van der Waals surface area contributed by atoms with Crippen LogP contribution < -0.4 is 5.32 Å². The van der Waals surface area contributed by atoms with E-state index in [1.807, 2.05) is 0 Å². The molecule has 0 aliphatic carbocycles. The maximum Gasteiger partial charge on any atom is 0.460 e. The molecule has 0 heterocycles. The molecule has 58 heavy (non-hydrogen) atoms. The van der Waals surface area contributed by atoms with E-state index in [9.17, 15) is 127 Å². The molecule has 8 nitrogen and oxygen atoms in total. The summed E-state index contributed by atoms with van der Waals surface area (Å²) in [5.74, 6) is -84.3. The third-order valence-electron chi connectivity index (χ3n) is 6.96. The van der Waals surface area contributed by atoms with Gasteiger partial charge in [-0.3, -0.25) is 4.55 Å². The van der Waals surface area contributed by atoms with Crippen molar-refractivity contribution in [3.8, 4) is 0 Å². The normalized spacial score (nSPS) is 15.8. The third-order valence-corrected chi connectivity index (χ3v) is 7.76. The number of nitrogens with one attached hydrogen (secondary N) is 1. The van der Waals surface area contributed by atoms with E-state index in [0.717, 1.165) is 0 Å². The number of amides is 1. The summed E-state index contributed by atoms with van der Waals surface area (Å²) >= 11 is 0. The highest BCUT2D eigenvalue weighted by atomic mass is 32.2. The Morgan fingerprint density at radius 3 is 1.09 bits per heavy atom. The summed E-state index contributed by atoms with van der Waals surface area (Å²) in [5, 5.41) is 1.56. The van der Waals surface area contributed by atoms with Gasteiger partial charge in [-0.05, 0) is 13.3 Å². The van der Waals surface area contributed by atoms with Crippen molar-refractivity contribution in [2.24, 2.45) is 0 Å². The van der Waals surface area contributed by atoms with Crippen LogP contribution in [0.5, 0.6) is 0 Å². The van der Waals surface area contributed by atoms with Gasteiger partial charge in [-0.2, -0.15) is 123 Å². The minimum absolute atomic E-state index is 0.00946. The van der Waals surface area contributed by atoms with E-state index in [0.29, 0.717) is 0 Å². The summed E-state index contributed by atoms with van der Waals surface area (Å²) in [5.41, 5.74) is 0. The Kier molecular flexibility index (Phi) is 15.8. The molecule has 0 saturated carbocycles. The number of ether oxygens (including phenoxy) is 3. The van der Waals surface area contributed by atoms with Crippen LogP contribution in [-0.2, 0) is 24.3 Å². The molecule has 2 N–H and O–H groups in total. The van der Waals surface area contributed by atoms with Crippen LogP contribution in [0.2, 0.25) is 0 Å². The minimum atomic E-state index is -8.39. The summed E-state index contributed by atoms with van der Waals surface area (Å²) in [6.07, 6.45) is -24.8. The number of alkyl carbamates (subject to hydrolysis) is 1. The van der Waals surface area contributed by atoms with Crippen molar-refractivity contribution in [3.63, 3.8) is 0 Å². The second-order valence-corrected chi connectivity index (χ2v) is 13.0. The van der Waals surface area contributed by atoms with Crippen molar-refractivity contribution < 1.29 is 146 Å². The number of halogens is 26. The second-order valence-electron chi connectivity index (χ2n) is 11.5. The lowest BCUT2D eigenvalue weighted by molar-refractivity contribution is -0.441. The molecule has 0 atom stereocenters. The number of rotatable bonds is 22. The lowest BCUT2D eigenvalue weighted by atomic mass is 9.92. The van der Waals surface area contributed by atoms with Crippen LogP contribution in [0.25, 0.3) is 0 Å². The molecule has 348 valence electrons. The molecule has 0 saturated heterocycles. The average Bonchev–Trinajstić information content (AvgIpc) is 2.99. The van der Waals surface area contributed by atoms with E-state index < -0.39 is 145 Å². The summed E-state index contributed by atoms with van der Waals surface area (Å²) < 4.78 is 389. The fraction of sp³-hybridized carbons (Fsp3) is 0.957. The topological polar surface area (TPSA) is 111 Å². The molecule has 0 fully saturated rings. The molecule has 35 heteroatoms. The second kappa shape index (κ2) is 16.6. The van der Waals surface area contributed by atoms with E-state index in [-0.39, 0.29) is 6.92 Å². The first-order valence-corrected chi connectivity index (χ1v) is 15.7. The van der Waals surface area contributed by atoms with E-state index in [2.05, 4.69) is 14.2 Å². The van der Waals surface area contributed by atoms with Gasteiger partial charge in [0.25, 0.3) is 10.1 Å². The number of hydrogen-bond donors (Lipinski definition) is 2. The van der Waals surface area contributed by atoms with Crippen molar-refractivity contribution in [1.82, 2.24) is 5.32 Å². The Bertz CT molecular complexity index is 1430. The molecule has 0 unspecified atom stereocenters. The van der Waals surface area contributed by atoms with Crippen LogP contribution in [-0.4, -0.2) is 129 Å². The zero-order valence-electron chi connectivity index (χ0n) is 27.3. The van der Waals surface area contributed by atoms with Crippen LogP contribution in [0.4, 0.5) is 119 Å². The van der Waals surface area contributed by atoms with Gasteiger partial charge < -0.3 is 19.5 Å². The molecule has 0 aromatic rings. The van der Waals surface area contributed by atoms with Crippen LogP contribution in [0, 0.1) is 0 Å². The standard InChI is InChI=1S/C23H21F26NO7S/c1-11(9-55-10(51)50-5-2-8-58(52,53)54,56-6-3-12(24,25)14(28,29)16(32,33)18(36,37)20(40,41)22(44,45)46)57-7-4-13(26,27)15(30,31)17(34,35)19(38,39)21(42,43)23(47,48)49/h2-9H2,1H3,(H,50,51)(H,52,53,54). The van der Waals surface area contributed by atoms with Crippen molar-refractivity contribution in [2.75, 3.05) is 32.1 Å². The highest BCUT2D eigenvalue weighted by Gasteiger charge is 2.92. The van der Waals surface area contributed by atoms with Crippen molar-refractivity contribution in [2.45, 2.75) is 104 Å². The lowest BCUT2D eigenvalue weighted by Gasteiger charge is -2.40. The molecule has 0 aliphatic heterocycles. The largest absolute Gasteiger partial charge is 0.460 e. The molecule has 0 radical (unpaired) electrons. The highest BCUT2D eigenvalue weighted by molar-refractivity contribution is 7.85. The molecular weight excluding hydrogens is 928 g/mol. The minimum Gasteiger partial charge on any atom is -0.444 e. The monoisotopic (exact) mass is 949 g/mol. The maximum absolute atomic E-state index is 14.2. The fourth-order valence-corrected chi connectivity index (χ4v) is 4.04. The van der Waals surface area contributed by atoms with E-state index in [1.165, 1.54) is 0 Å². The first-order chi connectivity index (χ1) is 25.0. The smallest absolute Gasteiger partial charge is 0.444 e. The Hall–Kier alpha value is -2.72. The summed E-state index contributed by atoms with van der Waals surface area (Å²) in [6, 6.07) is 0. The Morgan fingerprint density at radius 2 is 0.810 bits per heavy atom. The predicted octanol–water partition coefficient (Wildman–Crippen LogP) is 9.00. The Labute approximate surface area is 304 Å². The van der Waals surface area contributed by atoms with Gasteiger partial charge in [-0.25, -0.2) is 4.79 Å². The summed E-state index contributed by atoms with van der Waals surface area (Å²) in [6.45, 7) is -7.99. The predicted molar refractivity (Wildman–Crippen MR) is 132 cm³/mol. The Balaban J connectivity index is 6.51. The number of alkyl halides is 26. The van der Waals surface area contributed by atoms with Gasteiger partial charge in [-0.15, -0.1) is 0 Å². The van der Waals surface area contributed by atoms with Crippen LogP contribution in [0.15, 0.2) is 0 Å².